The van der Waals surface area contributed by atoms with Crippen LogP contribution in [0.3, 0.4) is 0 Å². The van der Waals surface area contributed by atoms with Gasteiger partial charge >= 0.3 is 5.97 Å². The van der Waals surface area contributed by atoms with Gasteiger partial charge in [0.05, 0.1) is 18.4 Å². The highest BCUT2D eigenvalue weighted by Gasteiger charge is 2.26. The number of thioether (sulfide) groups is 1. The fraction of sp³-hybridized carbons (Fsp3) is 0.538. The maximum atomic E-state index is 13.0. The monoisotopic (exact) mass is 546 g/mol. The third-order valence-electron chi connectivity index (χ3n) is 6.51. The number of aromatic nitrogens is 3. The van der Waals surface area contributed by atoms with Gasteiger partial charge in [-0.05, 0) is 56.6 Å². The predicted molar refractivity (Wildman–Crippen MR) is 149 cm³/mol. The number of ether oxygens (including phenoxy) is 1. The van der Waals surface area contributed by atoms with E-state index in [1.165, 1.54) is 58.4 Å². The topological polar surface area (TPSA) is 86.1 Å². The Hall–Kier alpha value is -2.17. The van der Waals surface area contributed by atoms with Gasteiger partial charge in [-0.1, -0.05) is 38.5 Å². The second-order valence-electron chi connectivity index (χ2n) is 8.95. The van der Waals surface area contributed by atoms with Crippen LogP contribution in [0.1, 0.15) is 77.2 Å². The molecule has 0 unspecified atom stereocenters. The number of anilines is 1. The molecule has 3 heterocycles. The third-order valence-corrected chi connectivity index (χ3v) is 9.64. The fourth-order valence-electron chi connectivity index (χ4n) is 4.74. The van der Waals surface area contributed by atoms with Crippen molar-refractivity contribution in [2.24, 2.45) is 0 Å². The molecule has 1 amide bonds. The van der Waals surface area contributed by atoms with Crippen LogP contribution in [0.5, 0.6) is 0 Å². The first kappa shape index (κ1) is 26.9. The Morgan fingerprint density at radius 3 is 2.67 bits per heavy atom. The number of rotatable bonds is 9. The minimum absolute atomic E-state index is 0.160. The Morgan fingerprint density at radius 2 is 1.94 bits per heavy atom. The van der Waals surface area contributed by atoms with Crippen molar-refractivity contribution >= 4 is 51.3 Å². The van der Waals surface area contributed by atoms with Crippen LogP contribution < -0.4 is 5.32 Å². The van der Waals surface area contributed by atoms with Gasteiger partial charge in [0, 0.05) is 27.2 Å². The highest BCUT2D eigenvalue weighted by atomic mass is 32.2. The minimum atomic E-state index is -0.374. The molecule has 36 heavy (non-hydrogen) atoms. The van der Waals surface area contributed by atoms with Crippen molar-refractivity contribution in [2.45, 2.75) is 83.8 Å². The molecule has 10 heteroatoms. The first-order valence-corrected chi connectivity index (χ1v) is 15.3. The van der Waals surface area contributed by atoms with Gasteiger partial charge < -0.3 is 14.6 Å². The number of thiophene rings is 2. The van der Waals surface area contributed by atoms with Crippen molar-refractivity contribution in [1.29, 1.82) is 0 Å². The summed E-state index contributed by atoms with van der Waals surface area (Å²) in [6, 6.07) is 0. The lowest BCUT2D eigenvalue weighted by atomic mass is 9.96. The summed E-state index contributed by atoms with van der Waals surface area (Å²) < 4.78 is 7.20. The zero-order valence-corrected chi connectivity index (χ0v) is 23.9. The SMILES string of the molecule is CCCn1c(SCC(=O)Nc2sc3c(c2C(=O)OC)CCCCCC3)nnc1-c1csc(C)c1CC. The lowest BCUT2D eigenvalue weighted by Crippen LogP contribution is -2.17. The number of aryl methyl sites for hydroxylation is 2. The maximum Gasteiger partial charge on any atom is 0.341 e. The molecule has 3 aromatic rings. The number of methoxy groups -OCH3 is 1. The number of amides is 1. The van der Waals surface area contributed by atoms with E-state index in [1.54, 1.807) is 11.3 Å². The van der Waals surface area contributed by atoms with E-state index in [1.807, 2.05) is 0 Å². The number of carbonyl (C=O) groups is 2. The second-order valence-corrected chi connectivity index (χ2v) is 12.1. The Labute approximate surface area is 225 Å². The molecule has 0 saturated carbocycles. The third kappa shape index (κ3) is 5.70. The van der Waals surface area contributed by atoms with Gasteiger partial charge in [-0.15, -0.1) is 32.9 Å². The number of fused-ring (bicyclic) bond motifs is 1. The molecule has 7 nitrogen and oxygen atoms in total. The summed E-state index contributed by atoms with van der Waals surface area (Å²) >= 11 is 4.64. The predicted octanol–water partition coefficient (Wildman–Crippen LogP) is 6.53. The molecule has 0 bridgehead atoms. The normalized spacial score (nSPS) is 13.7. The van der Waals surface area contributed by atoms with Gasteiger partial charge in [0.25, 0.3) is 0 Å². The van der Waals surface area contributed by atoms with Crippen LogP contribution in [-0.2, 0) is 35.3 Å². The van der Waals surface area contributed by atoms with E-state index < -0.39 is 0 Å². The van der Waals surface area contributed by atoms with Crippen LogP contribution in [0.2, 0.25) is 0 Å². The largest absolute Gasteiger partial charge is 0.465 e. The van der Waals surface area contributed by atoms with Gasteiger partial charge in [-0.2, -0.15) is 0 Å². The van der Waals surface area contributed by atoms with E-state index in [0.29, 0.717) is 10.6 Å². The number of hydrogen-bond donors (Lipinski definition) is 1. The van der Waals surface area contributed by atoms with Gasteiger partial charge in [0.2, 0.25) is 5.91 Å². The molecule has 0 fully saturated rings. The highest BCUT2D eigenvalue weighted by Crippen LogP contribution is 2.38. The number of nitrogens with one attached hydrogen (secondary N) is 1. The Balaban J connectivity index is 1.52. The van der Waals surface area contributed by atoms with Crippen molar-refractivity contribution < 1.29 is 14.3 Å². The number of carbonyl (C=O) groups excluding carboxylic acids is 2. The molecule has 3 aromatic heterocycles. The van der Waals surface area contributed by atoms with Crippen molar-refractivity contribution in [2.75, 3.05) is 18.2 Å². The highest BCUT2D eigenvalue weighted by molar-refractivity contribution is 7.99. The zero-order chi connectivity index (χ0) is 25.7. The Morgan fingerprint density at radius 1 is 1.17 bits per heavy atom. The van der Waals surface area contributed by atoms with Crippen LogP contribution in [-0.4, -0.2) is 39.5 Å². The standard InChI is InChI=1S/C26H34N4O3S3/c1-5-13-30-23(19-14-34-16(3)17(19)6-2)28-29-26(30)35-15-21(31)27-24-22(25(32)33-4)18-11-9-7-8-10-12-20(18)36-24/h14H,5-13,15H2,1-4H3,(H,27,31). The van der Waals surface area contributed by atoms with E-state index in [0.717, 1.165) is 67.2 Å². The molecule has 4 rings (SSSR count). The van der Waals surface area contributed by atoms with Gasteiger partial charge in [0.1, 0.15) is 5.00 Å². The molecule has 1 aliphatic carbocycles. The second kappa shape index (κ2) is 12.4. The smallest absolute Gasteiger partial charge is 0.341 e. The molecule has 1 N–H and O–H groups in total. The molecular formula is C26H34N4O3S3. The lowest BCUT2D eigenvalue weighted by molar-refractivity contribution is -0.113. The molecular weight excluding hydrogens is 513 g/mol. The molecule has 0 aromatic carbocycles. The van der Waals surface area contributed by atoms with E-state index in [9.17, 15) is 9.59 Å². The summed E-state index contributed by atoms with van der Waals surface area (Å²) in [5.41, 5.74) is 4.03. The van der Waals surface area contributed by atoms with Crippen LogP contribution >= 0.6 is 34.4 Å². The average Bonchev–Trinajstić information content (AvgIpc) is 3.52. The number of hydrogen-bond acceptors (Lipinski definition) is 8. The summed E-state index contributed by atoms with van der Waals surface area (Å²) in [6.45, 7) is 7.21. The molecule has 194 valence electrons. The van der Waals surface area contributed by atoms with Crippen LogP contribution in [0.4, 0.5) is 5.00 Å². The van der Waals surface area contributed by atoms with Gasteiger partial charge in [-0.3, -0.25) is 4.79 Å². The summed E-state index contributed by atoms with van der Waals surface area (Å²) in [6.07, 6.45) is 8.21. The van der Waals surface area contributed by atoms with Crippen molar-refractivity contribution in [3.05, 3.63) is 31.8 Å². The first-order valence-electron chi connectivity index (χ1n) is 12.6. The maximum absolute atomic E-state index is 13.0. The van der Waals surface area contributed by atoms with E-state index in [-0.39, 0.29) is 17.6 Å². The van der Waals surface area contributed by atoms with E-state index in [2.05, 4.69) is 46.2 Å². The van der Waals surface area contributed by atoms with Gasteiger partial charge in [0.15, 0.2) is 11.0 Å². The quantitative estimate of drug-likeness (QED) is 0.243. The van der Waals surface area contributed by atoms with Crippen LogP contribution in [0.25, 0.3) is 11.4 Å². The zero-order valence-electron chi connectivity index (χ0n) is 21.4. The molecule has 0 radical (unpaired) electrons. The Bertz CT molecular complexity index is 1230. The summed E-state index contributed by atoms with van der Waals surface area (Å²) in [7, 11) is 1.40. The molecule has 0 saturated heterocycles. The lowest BCUT2D eigenvalue weighted by Gasteiger charge is -2.11. The molecule has 1 aliphatic rings. The number of nitrogens with zero attached hydrogens (tertiary/aromatic N) is 3. The van der Waals surface area contributed by atoms with Crippen molar-refractivity contribution in [3.8, 4) is 11.4 Å². The number of esters is 1. The van der Waals surface area contributed by atoms with E-state index in [4.69, 9.17) is 4.74 Å². The van der Waals surface area contributed by atoms with Crippen LogP contribution in [0, 0.1) is 6.92 Å². The van der Waals surface area contributed by atoms with Crippen molar-refractivity contribution in [1.82, 2.24) is 14.8 Å². The molecule has 0 aliphatic heterocycles. The van der Waals surface area contributed by atoms with Gasteiger partial charge in [-0.25, -0.2) is 4.79 Å². The minimum Gasteiger partial charge on any atom is -0.465 e. The summed E-state index contributed by atoms with van der Waals surface area (Å²) in [5.74, 6) is 0.523. The average molecular weight is 547 g/mol. The fourth-order valence-corrected chi connectivity index (χ4v) is 7.74. The first-order chi connectivity index (χ1) is 17.5. The summed E-state index contributed by atoms with van der Waals surface area (Å²) in [4.78, 5) is 28.2. The summed E-state index contributed by atoms with van der Waals surface area (Å²) in [5, 5.41) is 15.5. The van der Waals surface area contributed by atoms with Crippen molar-refractivity contribution in [3.63, 3.8) is 0 Å². The Kier molecular flexibility index (Phi) is 9.25. The van der Waals surface area contributed by atoms with Crippen LogP contribution in [0.15, 0.2) is 10.5 Å². The molecule has 0 atom stereocenters. The molecule has 0 spiro atoms. The van der Waals surface area contributed by atoms with E-state index >= 15 is 0 Å².